The molecule has 0 unspecified atom stereocenters. The van der Waals surface area contributed by atoms with E-state index in [1.165, 1.54) is 23.5 Å². The quantitative estimate of drug-likeness (QED) is 0.314. The Morgan fingerprint density at radius 2 is 1.62 bits per heavy atom. The van der Waals surface area contributed by atoms with Crippen LogP contribution in [0.15, 0.2) is 72.1 Å². The van der Waals surface area contributed by atoms with Crippen LogP contribution in [0.3, 0.4) is 0 Å². The molecular formula is C22H13ClFN3S2. The van der Waals surface area contributed by atoms with Crippen LogP contribution in [0, 0.1) is 5.82 Å². The van der Waals surface area contributed by atoms with Crippen molar-refractivity contribution in [2.45, 2.75) is 0 Å². The van der Waals surface area contributed by atoms with Crippen molar-refractivity contribution in [2.75, 3.05) is 5.32 Å². The largest absolute Gasteiger partial charge is 0.332 e. The van der Waals surface area contributed by atoms with Gasteiger partial charge in [0.15, 0.2) is 5.13 Å². The molecule has 1 N–H and O–H groups in total. The second-order valence-electron chi connectivity index (χ2n) is 6.38. The minimum absolute atomic E-state index is 0.252. The van der Waals surface area contributed by atoms with E-state index in [-0.39, 0.29) is 5.82 Å². The van der Waals surface area contributed by atoms with E-state index in [4.69, 9.17) is 16.6 Å². The molecule has 0 saturated carbocycles. The number of hydrogen-bond acceptors (Lipinski definition) is 5. The van der Waals surface area contributed by atoms with Gasteiger partial charge in [0, 0.05) is 27.2 Å². The molecule has 3 nitrogen and oxygen atoms in total. The molecule has 0 aliphatic rings. The Balaban J connectivity index is 1.35. The van der Waals surface area contributed by atoms with Crippen LogP contribution >= 0.6 is 34.3 Å². The Hall–Kier alpha value is -2.80. The topological polar surface area (TPSA) is 37.8 Å². The molecule has 5 aromatic rings. The lowest BCUT2D eigenvalue weighted by atomic mass is 10.1. The van der Waals surface area contributed by atoms with Crippen LogP contribution in [0.25, 0.3) is 32.0 Å². The molecule has 0 fully saturated rings. The van der Waals surface area contributed by atoms with Crippen molar-refractivity contribution >= 4 is 55.3 Å². The number of aromatic nitrogens is 2. The Morgan fingerprint density at radius 3 is 2.41 bits per heavy atom. The van der Waals surface area contributed by atoms with Crippen molar-refractivity contribution in [3.8, 4) is 21.8 Å². The van der Waals surface area contributed by atoms with Gasteiger partial charge in [-0.25, -0.2) is 14.4 Å². The molecule has 142 valence electrons. The summed E-state index contributed by atoms with van der Waals surface area (Å²) in [6, 6.07) is 20.3. The Labute approximate surface area is 179 Å². The third kappa shape index (κ3) is 3.87. The van der Waals surface area contributed by atoms with Gasteiger partial charge in [0.05, 0.1) is 15.9 Å². The monoisotopic (exact) mass is 437 g/mol. The summed E-state index contributed by atoms with van der Waals surface area (Å²) in [6.07, 6.45) is 0. The second-order valence-corrected chi connectivity index (χ2v) is 8.70. The van der Waals surface area contributed by atoms with Crippen LogP contribution in [-0.2, 0) is 0 Å². The molecule has 7 heteroatoms. The van der Waals surface area contributed by atoms with Crippen molar-refractivity contribution in [2.24, 2.45) is 0 Å². The summed E-state index contributed by atoms with van der Waals surface area (Å²) in [5, 5.41) is 7.74. The number of fused-ring (bicyclic) bond motifs is 1. The molecule has 3 aromatic carbocycles. The molecule has 29 heavy (non-hydrogen) atoms. The molecule has 5 rings (SSSR count). The third-order valence-electron chi connectivity index (χ3n) is 4.38. The highest BCUT2D eigenvalue weighted by atomic mass is 35.5. The fraction of sp³-hybridized carbons (Fsp3) is 0. The molecule has 0 saturated heterocycles. The van der Waals surface area contributed by atoms with Gasteiger partial charge in [0.1, 0.15) is 10.8 Å². The van der Waals surface area contributed by atoms with Gasteiger partial charge in [-0.1, -0.05) is 47.2 Å². The molecule has 2 heterocycles. The standard InChI is InChI=1S/C22H13ClFN3S2/c23-15-5-1-14(2-6-15)21-26-19(12-28-21)13-3-8-17(9-4-13)25-22-27-18-10-7-16(24)11-20(18)29-22/h1-12H,(H,25,27). The number of nitrogens with one attached hydrogen (secondary N) is 1. The summed E-state index contributed by atoms with van der Waals surface area (Å²) in [6.45, 7) is 0. The van der Waals surface area contributed by atoms with Crippen LogP contribution in [0.2, 0.25) is 5.02 Å². The van der Waals surface area contributed by atoms with E-state index in [1.807, 2.05) is 48.5 Å². The number of benzene rings is 3. The number of rotatable bonds is 4. The first-order valence-corrected chi connectivity index (χ1v) is 10.9. The predicted molar refractivity (Wildman–Crippen MR) is 121 cm³/mol. The van der Waals surface area contributed by atoms with Gasteiger partial charge in [0.2, 0.25) is 0 Å². The minimum atomic E-state index is -0.252. The summed E-state index contributed by atoms with van der Waals surface area (Å²) in [7, 11) is 0. The zero-order valence-electron chi connectivity index (χ0n) is 14.9. The van der Waals surface area contributed by atoms with Crippen LogP contribution in [-0.4, -0.2) is 9.97 Å². The molecule has 2 aromatic heterocycles. The zero-order valence-corrected chi connectivity index (χ0v) is 17.3. The third-order valence-corrected chi connectivity index (χ3v) is 6.45. The van der Waals surface area contributed by atoms with Crippen molar-refractivity contribution in [1.82, 2.24) is 9.97 Å². The van der Waals surface area contributed by atoms with Crippen LogP contribution in [0.5, 0.6) is 0 Å². The van der Waals surface area contributed by atoms with E-state index in [0.29, 0.717) is 5.02 Å². The number of anilines is 2. The summed E-state index contributed by atoms with van der Waals surface area (Å²) in [5.74, 6) is -0.252. The van der Waals surface area contributed by atoms with Crippen molar-refractivity contribution < 1.29 is 4.39 Å². The predicted octanol–water partition coefficient (Wildman–Crippen LogP) is 7.62. The smallest absolute Gasteiger partial charge is 0.188 e. The lowest BCUT2D eigenvalue weighted by molar-refractivity contribution is 0.630. The molecule has 0 amide bonds. The molecule has 0 atom stereocenters. The van der Waals surface area contributed by atoms with Crippen LogP contribution in [0.4, 0.5) is 15.2 Å². The van der Waals surface area contributed by atoms with E-state index < -0.39 is 0 Å². The first kappa shape index (κ1) is 18.2. The maximum atomic E-state index is 13.4. The summed E-state index contributed by atoms with van der Waals surface area (Å²) in [4.78, 5) is 9.23. The van der Waals surface area contributed by atoms with E-state index in [1.54, 1.807) is 17.4 Å². The fourth-order valence-electron chi connectivity index (χ4n) is 2.93. The number of halogens is 2. The van der Waals surface area contributed by atoms with Crippen molar-refractivity contribution in [3.63, 3.8) is 0 Å². The Morgan fingerprint density at radius 1 is 0.862 bits per heavy atom. The lowest BCUT2D eigenvalue weighted by Gasteiger charge is -2.03. The van der Waals surface area contributed by atoms with E-state index >= 15 is 0 Å². The number of hydrogen-bond donors (Lipinski definition) is 1. The van der Waals surface area contributed by atoms with Gasteiger partial charge in [-0.2, -0.15) is 0 Å². The molecule has 0 radical (unpaired) electrons. The highest BCUT2D eigenvalue weighted by Crippen LogP contribution is 2.32. The van der Waals surface area contributed by atoms with Crippen molar-refractivity contribution in [1.29, 1.82) is 0 Å². The van der Waals surface area contributed by atoms with Gasteiger partial charge in [-0.15, -0.1) is 11.3 Å². The van der Waals surface area contributed by atoms with Gasteiger partial charge in [-0.3, -0.25) is 0 Å². The van der Waals surface area contributed by atoms with E-state index in [0.717, 1.165) is 42.9 Å². The van der Waals surface area contributed by atoms with E-state index in [9.17, 15) is 4.39 Å². The number of thiazole rings is 2. The van der Waals surface area contributed by atoms with Gasteiger partial charge < -0.3 is 5.32 Å². The van der Waals surface area contributed by atoms with Crippen LogP contribution < -0.4 is 5.32 Å². The highest BCUT2D eigenvalue weighted by Gasteiger charge is 2.08. The average Bonchev–Trinajstić information content (AvgIpc) is 3.36. The maximum absolute atomic E-state index is 13.4. The average molecular weight is 438 g/mol. The summed E-state index contributed by atoms with van der Waals surface area (Å²) >= 11 is 8.99. The van der Waals surface area contributed by atoms with E-state index in [2.05, 4.69) is 15.7 Å². The summed E-state index contributed by atoms with van der Waals surface area (Å²) < 4.78 is 14.2. The summed E-state index contributed by atoms with van der Waals surface area (Å²) in [5.41, 5.74) is 4.73. The SMILES string of the molecule is Fc1ccc2nc(Nc3ccc(-c4csc(-c5ccc(Cl)cc5)n4)cc3)sc2c1. The van der Waals surface area contributed by atoms with Gasteiger partial charge >= 0.3 is 0 Å². The Kier molecular flexibility index (Phi) is 4.75. The van der Waals surface area contributed by atoms with Crippen LogP contribution in [0.1, 0.15) is 0 Å². The molecule has 0 bridgehead atoms. The zero-order chi connectivity index (χ0) is 19.8. The second kappa shape index (κ2) is 7.55. The van der Waals surface area contributed by atoms with Crippen molar-refractivity contribution in [3.05, 3.63) is 82.9 Å². The fourth-order valence-corrected chi connectivity index (χ4v) is 4.80. The Bertz CT molecular complexity index is 1290. The molecular weight excluding hydrogens is 425 g/mol. The number of nitrogens with zero attached hydrogens (tertiary/aromatic N) is 2. The van der Waals surface area contributed by atoms with Gasteiger partial charge in [0.25, 0.3) is 0 Å². The normalized spacial score (nSPS) is 11.1. The lowest BCUT2D eigenvalue weighted by Crippen LogP contribution is -1.89. The maximum Gasteiger partial charge on any atom is 0.188 e. The molecule has 0 aliphatic heterocycles. The first-order valence-electron chi connectivity index (χ1n) is 8.79. The highest BCUT2D eigenvalue weighted by molar-refractivity contribution is 7.22. The first-order chi connectivity index (χ1) is 14.1. The molecule has 0 spiro atoms. The molecule has 0 aliphatic carbocycles. The van der Waals surface area contributed by atoms with Gasteiger partial charge in [-0.05, 0) is 42.5 Å². The minimum Gasteiger partial charge on any atom is -0.332 e.